The Morgan fingerprint density at radius 2 is 2.00 bits per heavy atom. The van der Waals surface area contributed by atoms with Gasteiger partial charge >= 0.3 is 0 Å². The molecular formula is C21H20ClN3O2. The highest BCUT2D eigenvalue weighted by atomic mass is 35.5. The molecule has 0 bridgehead atoms. The molecule has 0 saturated heterocycles. The molecule has 0 radical (unpaired) electrons. The molecule has 1 aliphatic rings. The summed E-state index contributed by atoms with van der Waals surface area (Å²) in [5.74, 6) is 0.689. The van der Waals surface area contributed by atoms with Gasteiger partial charge in [-0.25, -0.2) is 4.98 Å². The fraction of sp³-hybridized carbons (Fsp3) is 0.238. The van der Waals surface area contributed by atoms with Gasteiger partial charge in [-0.15, -0.1) is 0 Å². The van der Waals surface area contributed by atoms with Crippen LogP contribution in [0.4, 0.5) is 0 Å². The minimum atomic E-state index is -0.0529. The first kappa shape index (κ1) is 17.8. The van der Waals surface area contributed by atoms with Gasteiger partial charge in [-0.1, -0.05) is 47.5 Å². The smallest absolute Gasteiger partial charge is 0.254 e. The lowest BCUT2D eigenvalue weighted by Gasteiger charge is -2.27. The maximum atomic E-state index is 12.5. The number of phenolic OH excluding ortho intramolecular Hbond substituents is 1. The zero-order chi connectivity index (χ0) is 19.0. The van der Waals surface area contributed by atoms with Gasteiger partial charge in [-0.2, -0.15) is 0 Å². The third kappa shape index (κ3) is 3.75. The molecule has 5 nitrogen and oxygen atoms in total. The van der Waals surface area contributed by atoms with Crippen LogP contribution in [0, 0.1) is 6.92 Å². The Balaban J connectivity index is 1.60. The molecule has 2 N–H and O–H groups in total. The summed E-state index contributed by atoms with van der Waals surface area (Å²) >= 11 is 6.01. The Labute approximate surface area is 162 Å². The second kappa shape index (κ2) is 7.18. The number of benzene rings is 2. The summed E-state index contributed by atoms with van der Waals surface area (Å²) < 4.78 is 0. The van der Waals surface area contributed by atoms with Crippen LogP contribution >= 0.6 is 11.6 Å². The van der Waals surface area contributed by atoms with Crippen molar-refractivity contribution in [1.82, 2.24) is 14.9 Å². The van der Waals surface area contributed by atoms with Crippen LogP contribution in [0.3, 0.4) is 0 Å². The van der Waals surface area contributed by atoms with Crippen LogP contribution in [-0.2, 0) is 19.5 Å². The zero-order valence-corrected chi connectivity index (χ0v) is 15.8. The predicted molar refractivity (Wildman–Crippen MR) is 106 cm³/mol. The molecule has 1 aliphatic heterocycles. The lowest BCUT2D eigenvalue weighted by Crippen LogP contribution is -2.35. The molecule has 0 saturated carbocycles. The number of hydrogen-bond acceptors (Lipinski definition) is 4. The highest BCUT2D eigenvalue weighted by Gasteiger charge is 2.21. The number of fused-ring (bicyclic) bond motifs is 1. The standard InChI is InChI=1S/C21H20ClN3O2/c1-13-2-5-15(6-3-13)20-23-18-12-25(9-8-16(18)21(27)24-20)11-14-4-7-19(26)17(22)10-14/h2-7,10,26H,8-9,11-12H2,1H3,(H,23,24,27). The van der Waals surface area contributed by atoms with Crippen LogP contribution in [0.25, 0.3) is 11.4 Å². The van der Waals surface area contributed by atoms with E-state index in [9.17, 15) is 9.90 Å². The van der Waals surface area contributed by atoms with Gasteiger partial charge in [-0.05, 0) is 31.0 Å². The SMILES string of the molecule is Cc1ccc(-c2nc3c(c(=O)[nH]2)CCN(Cc2ccc(O)c(Cl)c2)C3)cc1. The van der Waals surface area contributed by atoms with Crippen LogP contribution < -0.4 is 5.56 Å². The number of nitrogens with one attached hydrogen (secondary N) is 1. The molecule has 3 aromatic rings. The van der Waals surface area contributed by atoms with Crippen molar-refractivity contribution in [3.05, 3.63) is 80.2 Å². The molecule has 27 heavy (non-hydrogen) atoms. The van der Waals surface area contributed by atoms with Gasteiger partial charge in [0.1, 0.15) is 11.6 Å². The van der Waals surface area contributed by atoms with E-state index in [0.717, 1.165) is 34.5 Å². The van der Waals surface area contributed by atoms with Crippen molar-refractivity contribution in [2.24, 2.45) is 0 Å². The lowest BCUT2D eigenvalue weighted by atomic mass is 10.0. The number of nitrogens with zero attached hydrogens (tertiary/aromatic N) is 2. The van der Waals surface area contributed by atoms with Crippen LogP contribution in [0.15, 0.2) is 47.3 Å². The van der Waals surface area contributed by atoms with Crippen molar-refractivity contribution in [1.29, 1.82) is 0 Å². The number of aromatic nitrogens is 2. The summed E-state index contributed by atoms with van der Waals surface area (Å²) in [4.78, 5) is 22.4. The number of rotatable bonds is 3. The van der Waals surface area contributed by atoms with E-state index in [-0.39, 0.29) is 11.3 Å². The van der Waals surface area contributed by atoms with Gasteiger partial charge < -0.3 is 10.1 Å². The second-order valence-corrected chi connectivity index (χ2v) is 7.36. The van der Waals surface area contributed by atoms with E-state index >= 15 is 0 Å². The summed E-state index contributed by atoms with van der Waals surface area (Å²) in [6, 6.07) is 13.2. The maximum Gasteiger partial charge on any atom is 0.254 e. The van der Waals surface area contributed by atoms with Gasteiger partial charge in [0.05, 0.1) is 10.7 Å². The first-order valence-electron chi connectivity index (χ1n) is 8.88. The van der Waals surface area contributed by atoms with Gasteiger partial charge in [0.2, 0.25) is 0 Å². The van der Waals surface area contributed by atoms with Gasteiger partial charge in [-0.3, -0.25) is 9.69 Å². The normalized spacial score (nSPS) is 14.1. The van der Waals surface area contributed by atoms with Crippen molar-refractivity contribution < 1.29 is 5.11 Å². The number of aromatic hydroxyl groups is 1. The molecule has 2 heterocycles. The molecule has 2 aromatic carbocycles. The number of hydrogen-bond donors (Lipinski definition) is 2. The van der Waals surface area contributed by atoms with E-state index in [0.29, 0.717) is 30.4 Å². The molecule has 6 heteroatoms. The minimum Gasteiger partial charge on any atom is -0.506 e. The molecule has 1 aromatic heterocycles. The number of H-pyrrole nitrogens is 1. The largest absolute Gasteiger partial charge is 0.506 e. The van der Waals surface area contributed by atoms with Crippen molar-refractivity contribution in [2.45, 2.75) is 26.4 Å². The fourth-order valence-electron chi connectivity index (χ4n) is 3.38. The summed E-state index contributed by atoms with van der Waals surface area (Å²) in [7, 11) is 0. The van der Waals surface area contributed by atoms with Crippen LogP contribution in [0.1, 0.15) is 22.4 Å². The summed E-state index contributed by atoms with van der Waals surface area (Å²) in [6.45, 7) is 4.10. The summed E-state index contributed by atoms with van der Waals surface area (Å²) in [6.07, 6.45) is 0.664. The first-order valence-corrected chi connectivity index (χ1v) is 9.26. The van der Waals surface area contributed by atoms with Crippen LogP contribution in [0.2, 0.25) is 5.02 Å². The van der Waals surface area contributed by atoms with Gasteiger partial charge in [0, 0.05) is 30.8 Å². The second-order valence-electron chi connectivity index (χ2n) is 6.95. The zero-order valence-electron chi connectivity index (χ0n) is 15.0. The third-order valence-corrected chi connectivity index (χ3v) is 5.20. The third-order valence-electron chi connectivity index (χ3n) is 4.90. The Hall–Kier alpha value is -2.63. The Kier molecular flexibility index (Phi) is 4.72. The highest BCUT2D eigenvalue weighted by Crippen LogP contribution is 2.25. The van der Waals surface area contributed by atoms with Crippen molar-refractivity contribution >= 4 is 11.6 Å². The van der Waals surface area contributed by atoms with E-state index in [1.54, 1.807) is 12.1 Å². The van der Waals surface area contributed by atoms with Crippen LogP contribution in [-0.4, -0.2) is 26.5 Å². The maximum absolute atomic E-state index is 12.5. The molecule has 0 unspecified atom stereocenters. The van der Waals surface area contributed by atoms with E-state index in [1.165, 1.54) is 0 Å². The monoisotopic (exact) mass is 381 g/mol. The molecule has 0 atom stereocenters. The van der Waals surface area contributed by atoms with Crippen molar-refractivity contribution in [2.75, 3.05) is 6.54 Å². The number of halogens is 1. The minimum absolute atomic E-state index is 0.0529. The van der Waals surface area contributed by atoms with E-state index in [1.807, 2.05) is 37.3 Å². The lowest BCUT2D eigenvalue weighted by molar-refractivity contribution is 0.240. The number of aromatic amines is 1. The van der Waals surface area contributed by atoms with E-state index < -0.39 is 0 Å². The average molecular weight is 382 g/mol. The molecular weight excluding hydrogens is 362 g/mol. The van der Waals surface area contributed by atoms with Crippen molar-refractivity contribution in [3.63, 3.8) is 0 Å². The predicted octanol–water partition coefficient (Wildman–Crippen LogP) is 3.66. The molecule has 4 rings (SSSR count). The first-order chi connectivity index (χ1) is 13.0. The summed E-state index contributed by atoms with van der Waals surface area (Å²) in [5, 5.41) is 9.92. The summed E-state index contributed by atoms with van der Waals surface area (Å²) in [5.41, 5.74) is 4.63. The topological polar surface area (TPSA) is 69.2 Å². The molecule has 138 valence electrons. The van der Waals surface area contributed by atoms with E-state index in [2.05, 4.69) is 9.88 Å². The fourth-order valence-corrected chi connectivity index (χ4v) is 3.59. The van der Waals surface area contributed by atoms with E-state index in [4.69, 9.17) is 16.6 Å². The highest BCUT2D eigenvalue weighted by molar-refractivity contribution is 6.32. The van der Waals surface area contributed by atoms with Crippen LogP contribution in [0.5, 0.6) is 5.75 Å². The number of aryl methyl sites for hydroxylation is 1. The Morgan fingerprint density at radius 3 is 2.74 bits per heavy atom. The van der Waals surface area contributed by atoms with Gasteiger partial charge in [0.25, 0.3) is 5.56 Å². The average Bonchev–Trinajstić information content (AvgIpc) is 2.65. The molecule has 0 spiro atoms. The van der Waals surface area contributed by atoms with Gasteiger partial charge in [0.15, 0.2) is 0 Å². The molecule has 0 fully saturated rings. The van der Waals surface area contributed by atoms with Crippen molar-refractivity contribution in [3.8, 4) is 17.1 Å². The number of phenols is 1. The Bertz CT molecular complexity index is 1040. The Morgan fingerprint density at radius 1 is 1.22 bits per heavy atom. The quantitative estimate of drug-likeness (QED) is 0.726. The molecule has 0 aliphatic carbocycles. The molecule has 0 amide bonds.